The Labute approximate surface area is 88.0 Å². The molecule has 70 valence electrons. The van der Waals surface area contributed by atoms with Crippen LogP contribution in [0.3, 0.4) is 0 Å². The van der Waals surface area contributed by atoms with Crippen molar-refractivity contribution in [1.82, 2.24) is 0 Å². The van der Waals surface area contributed by atoms with E-state index in [0.717, 1.165) is 0 Å². The molecule has 5 heteroatoms. The third kappa shape index (κ3) is 2.19. The Hall–Kier alpha value is -0.610. The molecule has 0 aliphatic heterocycles. The number of hydrogen-bond donors (Lipinski definition) is 1. The highest BCUT2D eigenvalue weighted by molar-refractivity contribution is 9.10. The van der Waals surface area contributed by atoms with Gasteiger partial charge in [0.05, 0.1) is 0 Å². The molecule has 0 radical (unpaired) electrons. The van der Waals surface area contributed by atoms with Gasteiger partial charge < -0.3 is 5.73 Å². The van der Waals surface area contributed by atoms with E-state index in [2.05, 4.69) is 15.9 Å². The lowest BCUT2D eigenvalue weighted by atomic mass is 10.1. The van der Waals surface area contributed by atoms with Crippen molar-refractivity contribution in [3.8, 4) is 0 Å². The van der Waals surface area contributed by atoms with Gasteiger partial charge in [-0.3, -0.25) is 4.79 Å². The van der Waals surface area contributed by atoms with Crippen LogP contribution in [0.1, 0.15) is 10.9 Å². The highest BCUT2D eigenvalue weighted by Gasteiger charge is 2.20. The Morgan fingerprint density at radius 2 is 2.23 bits per heavy atom. The van der Waals surface area contributed by atoms with E-state index in [-0.39, 0.29) is 5.56 Å². The number of amides is 1. The van der Waals surface area contributed by atoms with Gasteiger partial charge in [-0.05, 0) is 12.1 Å². The molecule has 0 saturated carbocycles. The van der Waals surface area contributed by atoms with E-state index in [1.807, 2.05) is 0 Å². The summed E-state index contributed by atoms with van der Waals surface area (Å²) in [5, 5.41) is -1.14. The maximum atomic E-state index is 13.1. The predicted octanol–water partition coefficient (Wildman–Crippen LogP) is 2.35. The van der Waals surface area contributed by atoms with Gasteiger partial charge in [-0.15, -0.1) is 11.6 Å². The van der Waals surface area contributed by atoms with Crippen LogP contribution in [0.15, 0.2) is 22.7 Å². The Kier molecular flexibility index (Phi) is 3.27. The molecule has 1 aromatic rings. The largest absolute Gasteiger partial charge is 0.368 e. The monoisotopic (exact) mass is 265 g/mol. The van der Waals surface area contributed by atoms with Gasteiger partial charge in [-0.1, -0.05) is 22.0 Å². The van der Waals surface area contributed by atoms with E-state index in [4.69, 9.17) is 17.3 Å². The number of hydrogen-bond acceptors (Lipinski definition) is 1. The van der Waals surface area contributed by atoms with Gasteiger partial charge in [0.1, 0.15) is 11.2 Å². The van der Waals surface area contributed by atoms with E-state index in [1.54, 1.807) is 6.07 Å². The zero-order chi connectivity index (χ0) is 10.0. The van der Waals surface area contributed by atoms with Gasteiger partial charge >= 0.3 is 0 Å². The lowest BCUT2D eigenvalue weighted by molar-refractivity contribution is -0.117. The number of nitrogens with two attached hydrogens (primary N) is 1. The Morgan fingerprint density at radius 1 is 1.62 bits per heavy atom. The quantitative estimate of drug-likeness (QED) is 0.821. The smallest absolute Gasteiger partial charge is 0.240 e. The summed E-state index contributed by atoms with van der Waals surface area (Å²) in [5.41, 5.74) is 5.03. The van der Waals surface area contributed by atoms with Crippen LogP contribution in [-0.2, 0) is 4.79 Å². The second kappa shape index (κ2) is 4.07. The molecule has 1 atom stereocenters. The summed E-state index contributed by atoms with van der Waals surface area (Å²) in [4.78, 5) is 10.7. The van der Waals surface area contributed by atoms with Crippen LogP contribution in [0.2, 0.25) is 0 Å². The summed E-state index contributed by atoms with van der Waals surface area (Å²) in [5.74, 6) is -1.32. The standard InChI is InChI=1S/C8H6BrClFNO/c9-4-2-1-3-5(11)6(4)7(10)8(12)13/h1-3,7H,(H2,12,13). The van der Waals surface area contributed by atoms with Crippen molar-refractivity contribution < 1.29 is 9.18 Å². The van der Waals surface area contributed by atoms with Gasteiger partial charge in [0, 0.05) is 10.0 Å². The highest BCUT2D eigenvalue weighted by Crippen LogP contribution is 2.29. The molecule has 1 amide bonds. The van der Waals surface area contributed by atoms with Crippen LogP contribution >= 0.6 is 27.5 Å². The zero-order valence-corrected chi connectivity index (χ0v) is 8.77. The summed E-state index contributed by atoms with van der Waals surface area (Å²) in [6.45, 7) is 0. The topological polar surface area (TPSA) is 43.1 Å². The molecule has 0 aliphatic rings. The number of rotatable bonds is 2. The lowest BCUT2D eigenvalue weighted by Gasteiger charge is -2.08. The fraction of sp³-hybridized carbons (Fsp3) is 0.125. The van der Waals surface area contributed by atoms with Crippen molar-refractivity contribution in [1.29, 1.82) is 0 Å². The van der Waals surface area contributed by atoms with Crippen LogP contribution in [-0.4, -0.2) is 5.91 Å². The maximum Gasteiger partial charge on any atom is 0.240 e. The summed E-state index contributed by atoms with van der Waals surface area (Å²) >= 11 is 8.69. The minimum absolute atomic E-state index is 0.0802. The molecular formula is C8H6BrClFNO. The molecule has 1 aromatic carbocycles. The first-order valence-corrected chi connectivity index (χ1v) is 4.64. The van der Waals surface area contributed by atoms with Gasteiger partial charge in [0.15, 0.2) is 0 Å². The maximum absolute atomic E-state index is 13.1. The zero-order valence-electron chi connectivity index (χ0n) is 6.43. The van der Waals surface area contributed by atoms with Crippen LogP contribution < -0.4 is 5.73 Å². The third-order valence-corrected chi connectivity index (χ3v) is 2.63. The number of primary amides is 1. The molecule has 0 bridgehead atoms. The number of benzene rings is 1. The van der Waals surface area contributed by atoms with Crippen molar-refractivity contribution in [2.75, 3.05) is 0 Å². The van der Waals surface area contributed by atoms with E-state index in [1.165, 1.54) is 12.1 Å². The molecule has 13 heavy (non-hydrogen) atoms. The summed E-state index contributed by atoms with van der Waals surface area (Å²) in [7, 11) is 0. The van der Waals surface area contributed by atoms with E-state index < -0.39 is 17.1 Å². The number of carbonyl (C=O) groups is 1. The fourth-order valence-electron chi connectivity index (χ4n) is 0.895. The number of alkyl halides is 1. The Bertz CT molecular complexity index is 325. The van der Waals surface area contributed by atoms with Crippen molar-refractivity contribution in [3.05, 3.63) is 34.1 Å². The van der Waals surface area contributed by atoms with E-state index in [0.29, 0.717) is 4.47 Å². The average Bonchev–Trinajstić information content (AvgIpc) is 2.03. The minimum Gasteiger partial charge on any atom is -0.368 e. The molecule has 0 aliphatic carbocycles. The van der Waals surface area contributed by atoms with Crippen molar-refractivity contribution in [3.63, 3.8) is 0 Å². The Morgan fingerprint density at radius 3 is 2.69 bits per heavy atom. The third-order valence-electron chi connectivity index (χ3n) is 1.50. The van der Waals surface area contributed by atoms with Gasteiger partial charge in [-0.2, -0.15) is 0 Å². The van der Waals surface area contributed by atoms with Crippen molar-refractivity contribution in [2.24, 2.45) is 5.73 Å². The molecule has 2 nitrogen and oxygen atoms in total. The molecule has 0 aromatic heterocycles. The summed E-state index contributed by atoms with van der Waals surface area (Å²) < 4.78 is 13.6. The minimum atomic E-state index is -1.14. The summed E-state index contributed by atoms with van der Waals surface area (Å²) in [6, 6.07) is 4.32. The summed E-state index contributed by atoms with van der Waals surface area (Å²) in [6.07, 6.45) is 0. The molecule has 1 unspecified atom stereocenters. The molecule has 0 heterocycles. The molecule has 0 spiro atoms. The van der Waals surface area contributed by atoms with Crippen LogP contribution in [0.4, 0.5) is 4.39 Å². The van der Waals surface area contributed by atoms with Crippen molar-refractivity contribution in [2.45, 2.75) is 5.38 Å². The second-order valence-corrected chi connectivity index (χ2v) is 3.69. The van der Waals surface area contributed by atoms with Gasteiger partial charge in [-0.25, -0.2) is 4.39 Å². The second-order valence-electron chi connectivity index (χ2n) is 2.40. The first kappa shape index (κ1) is 10.5. The highest BCUT2D eigenvalue weighted by atomic mass is 79.9. The SMILES string of the molecule is NC(=O)C(Cl)c1c(F)cccc1Br. The van der Waals surface area contributed by atoms with E-state index in [9.17, 15) is 9.18 Å². The van der Waals surface area contributed by atoms with Crippen LogP contribution in [0.25, 0.3) is 0 Å². The Balaban J connectivity index is 3.20. The molecule has 0 saturated heterocycles. The van der Waals surface area contributed by atoms with Crippen LogP contribution in [0.5, 0.6) is 0 Å². The molecule has 1 rings (SSSR count). The molecule has 0 fully saturated rings. The first-order valence-electron chi connectivity index (χ1n) is 3.41. The van der Waals surface area contributed by atoms with Gasteiger partial charge in [0.2, 0.25) is 5.91 Å². The lowest BCUT2D eigenvalue weighted by Crippen LogP contribution is -2.18. The van der Waals surface area contributed by atoms with Gasteiger partial charge in [0.25, 0.3) is 0 Å². The first-order chi connectivity index (χ1) is 6.04. The van der Waals surface area contributed by atoms with E-state index >= 15 is 0 Å². The number of halogens is 3. The normalized spacial score (nSPS) is 12.5. The van der Waals surface area contributed by atoms with Crippen molar-refractivity contribution >= 4 is 33.4 Å². The fourth-order valence-corrected chi connectivity index (χ4v) is 1.82. The number of carbonyl (C=O) groups excluding carboxylic acids is 1. The molecule has 2 N–H and O–H groups in total. The van der Waals surface area contributed by atoms with Crippen LogP contribution in [0, 0.1) is 5.82 Å². The average molecular weight is 266 g/mol. The molecular weight excluding hydrogens is 260 g/mol. The predicted molar refractivity (Wildman–Crippen MR) is 51.9 cm³/mol.